The van der Waals surface area contributed by atoms with Gasteiger partial charge in [0, 0.05) is 37.3 Å². The van der Waals surface area contributed by atoms with Gasteiger partial charge in [-0.2, -0.15) is 4.98 Å². The maximum absolute atomic E-state index is 13.3. The Labute approximate surface area is 173 Å². The first-order chi connectivity index (χ1) is 14.4. The average molecular weight is 413 g/mol. The molecule has 3 fully saturated rings. The number of pyridine rings is 1. The zero-order valence-corrected chi connectivity index (χ0v) is 17.3. The van der Waals surface area contributed by atoms with E-state index in [2.05, 4.69) is 20.6 Å². The van der Waals surface area contributed by atoms with Gasteiger partial charge in [-0.15, -0.1) is 0 Å². The van der Waals surface area contributed by atoms with Crippen LogP contribution in [0, 0.1) is 12.3 Å². The molecule has 160 valence electrons. The number of aliphatic hydroxyl groups is 1. The summed E-state index contributed by atoms with van der Waals surface area (Å²) in [7, 11) is 0. The van der Waals surface area contributed by atoms with Crippen molar-refractivity contribution in [1.82, 2.24) is 19.9 Å². The molecule has 1 aliphatic carbocycles. The van der Waals surface area contributed by atoms with Gasteiger partial charge in [-0.3, -0.25) is 14.2 Å². The van der Waals surface area contributed by atoms with Gasteiger partial charge in [-0.05, 0) is 44.1 Å². The lowest BCUT2D eigenvalue weighted by molar-refractivity contribution is -0.0136. The van der Waals surface area contributed by atoms with E-state index in [1.807, 2.05) is 0 Å². The van der Waals surface area contributed by atoms with Crippen LogP contribution in [0.2, 0.25) is 0 Å². The number of aliphatic hydroxyl groups excluding tert-OH is 1. The molecule has 0 bridgehead atoms. The van der Waals surface area contributed by atoms with E-state index in [4.69, 9.17) is 4.74 Å². The van der Waals surface area contributed by atoms with Crippen LogP contribution < -0.4 is 16.2 Å². The van der Waals surface area contributed by atoms with Crippen molar-refractivity contribution in [2.24, 2.45) is 5.41 Å². The highest BCUT2D eigenvalue weighted by atomic mass is 16.5. The third kappa shape index (κ3) is 3.03. The molecule has 30 heavy (non-hydrogen) atoms. The Kier molecular flexibility index (Phi) is 4.64. The van der Waals surface area contributed by atoms with E-state index < -0.39 is 6.10 Å². The third-order valence-corrected chi connectivity index (χ3v) is 6.90. The molecule has 3 aliphatic rings. The number of ketones is 1. The van der Waals surface area contributed by atoms with Crippen molar-refractivity contribution in [3.63, 3.8) is 0 Å². The SMILES string of the molecule is CC(=O)c1c(C)c2cnc(NC3CCOCC3O)nc2n(C2CC3(CNC3)C2)c1=O. The van der Waals surface area contributed by atoms with E-state index in [0.717, 1.165) is 25.9 Å². The smallest absolute Gasteiger partial charge is 0.263 e. The molecule has 0 amide bonds. The lowest BCUT2D eigenvalue weighted by Crippen LogP contribution is -2.61. The van der Waals surface area contributed by atoms with Gasteiger partial charge in [0.25, 0.3) is 5.56 Å². The minimum atomic E-state index is -0.639. The Hall–Kier alpha value is -2.36. The molecule has 2 aromatic rings. The summed E-state index contributed by atoms with van der Waals surface area (Å²) in [6.07, 6.45) is 3.49. The number of Topliss-reactive ketones (excluding diaryl/α,β-unsaturated/α-hetero) is 1. The number of carbonyl (C=O) groups excluding carboxylic acids is 1. The molecule has 0 aromatic carbocycles. The summed E-state index contributed by atoms with van der Waals surface area (Å²) in [6.45, 7) is 6.00. The minimum Gasteiger partial charge on any atom is -0.389 e. The van der Waals surface area contributed by atoms with E-state index in [1.165, 1.54) is 6.92 Å². The quantitative estimate of drug-likeness (QED) is 0.630. The predicted octanol–water partition coefficient (Wildman–Crippen LogP) is 0.789. The highest BCUT2D eigenvalue weighted by Gasteiger charge is 2.50. The molecule has 1 spiro atoms. The Morgan fingerprint density at radius 3 is 2.80 bits per heavy atom. The van der Waals surface area contributed by atoms with Crippen LogP contribution in [0.4, 0.5) is 5.95 Å². The molecular weight excluding hydrogens is 386 g/mol. The van der Waals surface area contributed by atoms with E-state index in [-0.39, 0.29) is 41.0 Å². The van der Waals surface area contributed by atoms with Crippen LogP contribution in [0.25, 0.3) is 11.0 Å². The number of rotatable bonds is 4. The zero-order valence-electron chi connectivity index (χ0n) is 17.3. The summed E-state index contributed by atoms with van der Waals surface area (Å²) in [4.78, 5) is 34.7. The summed E-state index contributed by atoms with van der Waals surface area (Å²) in [5.74, 6) is 0.135. The topological polar surface area (TPSA) is 118 Å². The highest BCUT2D eigenvalue weighted by Crippen LogP contribution is 2.51. The first-order valence-corrected chi connectivity index (χ1v) is 10.5. The number of carbonyl (C=O) groups is 1. The normalized spacial score (nSPS) is 25.7. The van der Waals surface area contributed by atoms with Crippen molar-refractivity contribution >= 4 is 22.8 Å². The number of hydrogen-bond donors (Lipinski definition) is 3. The number of ether oxygens (including phenoxy) is 1. The number of anilines is 1. The van der Waals surface area contributed by atoms with Crippen LogP contribution in [0.5, 0.6) is 0 Å². The summed E-state index contributed by atoms with van der Waals surface area (Å²) in [5.41, 5.74) is 1.40. The van der Waals surface area contributed by atoms with Gasteiger partial charge in [-0.25, -0.2) is 4.98 Å². The number of hydrogen-bond acceptors (Lipinski definition) is 8. The van der Waals surface area contributed by atoms with Gasteiger partial charge in [-0.1, -0.05) is 0 Å². The van der Waals surface area contributed by atoms with Gasteiger partial charge in [0.1, 0.15) is 5.65 Å². The number of fused-ring (bicyclic) bond motifs is 1. The lowest BCUT2D eigenvalue weighted by atomic mass is 9.61. The first-order valence-electron chi connectivity index (χ1n) is 10.5. The largest absolute Gasteiger partial charge is 0.389 e. The Bertz CT molecular complexity index is 1070. The Morgan fingerprint density at radius 2 is 2.17 bits per heavy atom. The van der Waals surface area contributed by atoms with Crippen molar-refractivity contribution in [2.75, 3.05) is 31.6 Å². The van der Waals surface area contributed by atoms with Crippen molar-refractivity contribution in [3.8, 4) is 0 Å². The molecule has 2 unspecified atom stereocenters. The number of nitrogens with one attached hydrogen (secondary N) is 2. The summed E-state index contributed by atoms with van der Waals surface area (Å²) in [6, 6.07) is -0.181. The lowest BCUT2D eigenvalue weighted by Gasteiger charge is -2.54. The molecule has 9 heteroatoms. The molecule has 4 heterocycles. The fourth-order valence-electron chi connectivity index (χ4n) is 5.10. The van der Waals surface area contributed by atoms with Crippen LogP contribution in [-0.4, -0.2) is 63.9 Å². The van der Waals surface area contributed by atoms with Gasteiger partial charge in [0.2, 0.25) is 5.95 Å². The van der Waals surface area contributed by atoms with E-state index in [1.54, 1.807) is 17.7 Å². The van der Waals surface area contributed by atoms with E-state index in [0.29, 0.717) is 35.6 Å². The molecule has 1 saturated carbocycles. The molecular formula is C21H27N5O4. The van der Waals surface area contributed by atoms with Crippen LogP contribution in [-0.2, 0) is 4.74 Å². The van der Waals surface area contributed by atoms with E-state index in [9.17, 15) is 14.7 Å². The van der Waals surface area contributed by atoms with Crippen molar-refractivity contribution in [1.29, 1.82) is 0 Å². The second kappa shape index (κ2) is 7.11. The summed E-state index contributed by atoms with van der Waals surface area (Å²) < 4.78 is 6.99. The number of aromatic nitrogens is 3. The molecule has 0 radical (unpaired) electrons. The van der Waals surface area contributed by atoms with Crippen LogP contribution >= 0.6 is 0 Å². The maximum Gasteiger partial charge on any atom is 0.263 e. The number of aryl methyl sites for hydroxylation is 1. The van der Waals surface area contributed by atoms with Crippen LogP contribution in [0.1, 0.15) is 48.1 Å². The maximum atomic E-state index is 13.3. The first kappa shape index (κ1) is 19.6. The molecule has 2 saturated heterocycles. The fourth-order valence-corrected chi connectivity index (χ4v) is 5.10. The second-order valence-corrected chi connectivity index (χ2v) is 9.01. The number of nitrogens with zero attached hydrogens (tertiary/aromatic N) is 3. The third-order valence-electron chi connectivity index (χ3n) is 6.90. The zero-order chi connectivity index (χ0) is 21.0. The monoisotopic (exact) mass is 413 g/mol. The van der Waals surface area contributed by atoms with Crippen LogP contribution in [0.3, 0.4) is 0 Å². The van der Waals surface area contributed by atoms with Gasteiger partial charge >= 0.3 is 0 Å². The van der Waals surface area contributed by atoms with Gasteiger partial charge in [0.05, 0.1) is 24.3 Å². The summed E-state index contributed by atoms with van der Waals surface area (Å²) >= 11 is 0. The fraction of sp³-hybridized carbons (Fsp3) is 0.619. The van der Waals surface area contributed by atoms with Crippen molar-refractivity contribution < 1.29 is 14.6 Å². The van der Waals surface area contributed by atoms with E-state index >= 15 is 0 Å². The molecule has 5 rings (SSSR count). The highest BCUT2D eigenvalue weighted by molar-refractivity contribution is 5.99. The van der Waals surface area contributed by atoms with Gasteiger partial charge in [0.15, 0.2) is 5.78 Å². The summed E-state index contributed by atoms with van der Waals surface area (Å²) in [5, 5.41) is 17.4. The van der Waals surface area contributed by atoms with Crippen molar-refractivity contribution in [3.05, 3.63) is 27.7 Å². The molecule has 9 nitrogen and oxygen atoms in total. The molecule has 3 N–H and O–H groups in total. The average Bonchev–Trinajstić information content (AvgIpc) is 2.63. The Morgan fingerprint density at radius 1 is 1.40 bits per heavy atom. The molecule has 2 atom stereocenters. The second-order valence-electron chi connectivity index (χ2n) is 9.01. The Balaban J connectivity index is 1.59. The predicted molar refractivity (Wildman–Crippen MR) is 111 cm³/mol. The van der Waals surface area contributed by atoms with Crippen LogP contribution in [0.15, 0.2) is 11.0 Å². The van der Waals surface area contributed by atoms with Crippen molar-refractivity contribution in [2.45, 2.75) is 51.3 Å². The molecule has 2 aromatic heterocycles. The van der Waals surface area contributed by atoms with Gasteiger partial charge < -0.3 is 20.5 Å². The standard InChI is InChI=1S/C21H27N5O4/c1-11-14-7-23-20(24-15-3-4-30-8-16(15)28)25-18(14)26(19(29)17(11)12(2)27)13-5-21(6-13)9-22-10-21/h7,13,15-16,22,28H,3-6,8-10H2,1-2H3,(H,23,24,25). The minimum absolute atomic E-state index is 0.0252. The molecule has 2 aliphatic heterocycles.